The second-order valence-electron chi connectivity index (χ2n) is 4.60. The molecule has 0 aliphatic rings. The van der Waals surface area contributed by atoms with Gasteiger partial charge in [-0.15, -0.1) is 0 Å². The van der Waals surface area contributed by atoms with Crippen molar-refractivity contribution in [3.63, 3.8) is 0 Å². The number of rotatable bonds is 2. The maximum atomic E-state index is 12.6. The van der Waals surface area contributed by atoms with E-state index in [9.17, 15) is 31.4 Å². The van der Waals surface area contributed by atoms with E-state index >= 15 is 0 Å². The van der Waals surface area contributed by atoms with Crippen LogP contribution in [0.3, 0.4) is 0 Å². The summed E-state index contributed by atoms with van der Waals surface area (Å²) in [5, 5.41) is 9.21. The third-order valence-electron chi connectivity index (χ3n) is 3.13. The van der Waals surface area contributed by atoms with Gasteiger partial charge in [-0.25, -0.2) is 0 Å². The minimum atomic E-state index is -4.55. The van der Waals surface area contributed by atoms with Gasteiger partial charge in [0.2, 0.25) is 0 Å². The van der Waals surface area contributed by atoms with E-state index in [0.29, 0.717) is 5.56 Å². The molecular formula is C15H10F6O. The molecule has 0 saturated heterocycles. The second-order valence-corrected chi connectivity index (χ2v) is 4.60. The molecule has 0 spiro atoms. The molecule has 0 amide bonds. The van der Waals surface area contributed by atoms with Crippen LogP contribution in [0.5, 0.6) is 0 Å². The number of benzene rings is 2. The smallest absolute Gasteiger partial charge is 0.392 e. The predicted molar refractivity (Wildman–Crippen MR) is 67.8 cm³/mol. The molecule has 1 N–H and O–H groups in total. The molecule has 0 aliphatic carbocycles. The van der Waals surface area contributed by atoms with Crippen LogP contribution in [0.2, 0.25) is 0 Å². The first-order chi connectivity index (χ1) is 10.1. The van der Waals surface area contributed by atoms with Gasteiger partial charge >= 0.3 is 12.4 Å². The Hall–Kier alpha value is -2.02. The summed E-state index contributed by atoms with van der Waals surface area (Å²) in [6.45, 7) is -0.653. The first kappa shape index (κ1) is 16.4. The number of aliphatic hydroxyl groups excluding tert-OH is 1. The van der Waals surface area contributed by atoms with E-state index in [1.165, 1.54) is 0 Å². The van der Waals surface area contributed by atoms with Crippen LogP contribution in [0.25, 0.3) is 11.1 Å². The van der Waals surface area contributed by atoms with Crippen molar-refractivity contribution in [2.75, 3.05) is 0 Å². The van der Waals surface area contributed by atoms with Gasteiger partial charge in [-0.05, 0) is 41.0 Å². The molecule has 0 bridgehead atoms. The van der Waals surface area contributed by atoms with E-state index < -0.39 is 30.1 Å². The summed E-state index contributed by atoms with van der Waals surface area (Å²) < 4.78 is 75.3. The van der Waals surface area contributed by atoms with Gasteiger partial charge in [0.05, 0.1) is 17.7 Å². The first-order valence-electron chi connectivity index (χ1n) is 6.11. The van der Waals surface area contributed by atoms with Crippen molar-refractivity contribution in [1.29, 1.82) is 0 Å². The fourth-order valence-electron chi connectivity index (χ4n) is 2.02. The minimum Gasteiger partial charge on any atom is -0.392 e. The second kappa shape index (κ2) is 5.64. The van der Waals surface area contributed by atoms with Gasteiger partial charge in [-0.1, -0.05) is 18.2 Å². The Morgan fingerprint density at radius 1 is 0.727 bits per heavy atom. The van der Waals surface area contributed by atoms with Crippen LogP contribution >= 0.6 is 0 Å². The largest absolute Gasteiger partial charge is 0.416 e. The highest BCUT2D eigenvalue weighted by Gasteiger charge is 2.31. The number of aliphatic hydroxyl groups is 1. The van der Waals surface area contributed by atoms with Crippen LogP contribution in [0.4, 0.5) is 26.3 Å². The molecule has 0 heterocycles. The van der Waals surface area contributed by atoms with Crippen LogP contribution in [0.1, 0.15) is 16.7 Å². The lowest BCUT2D eigenvalue weighted by Crippen LogP contribution is -2.06. The summed E-state index contributed by atoms with van der Waals surface area (Å²) in [7, 11) is 0. The van der Waals surface area contributed by atoms with Crippen LogP contribution in [-0.2, 0) is 19.0 Å². The third-order valence-corrected chi connectivity index (χ3v) is 3.13. The summed E-state index contributed by atoms with van der Waals surface area (Å²) in [6.07, 6.45) is -9.04. The minimum absolute atomic E-state index is 0.00502. The molecule has 22 heavy (non-hydrogen) atoms. The van der Waals surface area contributed by atoms with E-state index in [-0.39, 0.29) is 11.1 Å². The Balaban J connectivity index is 2.44. The van der Waals surface area contributed by atoms with Gasteiger partial charge < -0.3 is 5.11 Å². The van der Waals surface area contributed by atoms with E-state index in [0.717, 1.165) is 42.5 Å². The highest BCUT2D eigenvalue weighted by molar-refractivity contribution is 5.68. The zero-order valence-electron chi connectivity index (χ0n) is 11.0. The SMILES string of the molecule is OCc1cc(C(F)(F)F)ccc1-c1ccc(C(F)(F)F)cc1. The molecule has 0 atom stereocenters. The van der Waals surface area contributed by atoms with Gasteiger partial charge in [0.15, 0.2) is 0 Å². The first-order valence-corrected chi connectivity index (χ1v) is 6.11. The molecule has 0 fully saturated rings. The molecule has 0 aromatic heterocycles. The maximum Gasteiger partial charge on any atom is 0.416 e. The van der Waals surface area contributed by atoms with Crippen molar-refractivity contribution in [1.82, 2.24) is 0 Å². The van der Waals surface area contributed by atoms with Crippen molar-refractivity contribution in [2.24, 2.45) is 0 Å². The molecule has 2 rings (SSSR count). The zero-order chi connectivity index (χ0) is 16.5. The Kier molecular flexibility index (Phi) is 4.19. The van der Waals surface area contributed by atoms with Gasteiger partial charge in [0.1, 0.15) is 0 Å². The Bertz CT molecular complexity index is 655. The topological polar surface area (TPSA) is 20.2 Å². The highest BCUT2D eigenvalue weighted by Crippen LogP contribution is 2.35. The summed E-state index contributed by atoms with van der Waals surface area (Å²) in [6, 6.07) is 6.74. The van der Waals surface area contributed by atoms with E-state index in [1.54, 1.807) is 0 Å². The van der Waals surface area contributed by atoms with Crippen LogP contribution in [0, 0.1) is 0 Å². The average molecular weight is 320 g/mol. The lowest BCUT2D eigenvalue weighted by atomic mass is 9.97. The fourth-order valence-corrected chi connectivity index (χ4v) is 2.02. The molecule has 0 saturated carbocycles. The Morgan fingerprint density at radius 2 is 1.23 bits per heavy atom. The lowest BCUT2D eigenvalue weighted by Gasteiger charge is -2.13. The zero-order valence-corrected chi connectivity index (χ0v) is 11.0. The molecule has 1 nitrogen and oxygen atoms in total. The summed E-state index contributed by atoms with van der Waals surface area (Å²) >= 11 is 0. The van der Waals surface area contributed by atoms with Crippen molar-refractivity contribution in [3.8, 4) is 11.1 Å². The highest BCUT2D eigenvalue weighted by atomic mass is 19.4. The third kappa shape index (κ3) is 3.41. The maximum absolute atomic E-state index is 12.6. The molecule has 7 heteroatoms. The van der Waals surface area contributed by atoms with E-state index in [2.05, 4.69) is 0 Å². The van der Waals surface area contributed by atoms with Gasteiger partial charge in [0.25, 0.3) is 0 Å². The molecule has 0 unspecified atom stereocenters. The summed E-state index contributed by atoms with van der Waals surface area (Å²) in [4.78, 5) is 0. The molecule has 0 radical (unpaired) electrons. The van der Waals surface area contributed by atoms with E-state index in [4.69, 9.17) is 0 Å². The lowest BCUT2D eigenvalue weighted by molar-refractivity contribution is -0.138. The standard InChI is InChI=1S/C15H10F6O/c16-14(17,18)11-3-1-9(2-4-11)13-6-5-12(15(19,20)21)7-10(13)8-22/h1-7,22H,8H2. The fraction of sp³-hybridized carbons (Fsp3) is 0.200. The molecule has 118 valence electrons. The van der Waals surface area contributed by atoms with Crippen molar-refractivity contribution < 1.29 is 31.4 Å². The van der Waals surface area contributed by atoms with Crippen molar-refractivity contribution in [3.05, 3.63) is 59.2 Å². The molecular weight excluding hydrogens is 310 g/mol. The van der Waals surface area contributed by atoms with Crippen molar-refractivity contribution >= 4 is 0 Å². The number of alkyl halides is 6. The summed E-state index contributed by atoms with van der Waals surface area (Å²) in [5.41, 5.74) is -1.23. The molecule has 2 aromatic rings. The predicted octanol–water partition coefficient (Wildman–Crippen LogP) is 4.88. The molecule has 2 aromatic carbocycles. The van der Waals surface area contributed by atoms with Gasteiger partial charge in [-0.2, -0.15) is 26.3 Å². The Morgan fingerprint density at radius 3 is 1.68 bits per heavy atom. The van der Waals surface area contributed by atoms with Crippen LogP contribution < -0.4 is 0 Å². The number of hydrogen-bond acceptors (Lipinski definition) is 1. The normalized spacial score (nSPS) is 12.5. The molecule has 0 aliphatic heterocycles. The van der Waals surface area contributed by atoms with Crippen LogP contribution in [0.15, 0.2) is 42.5 Å². The van der Waals surface area contributed by atoms with Crippen molar-refractivity contribution in [2.45, 2.75) is 19.0 Å². The van der Waals surface area contributed by atoms with Crippen LogP contribution in [-0.4, -0.2) is 5.11 Å². The van der Waals surface area contributed by atoms with Gasteiger partial charge in [-0.3, -0.25) is 0 Å². The average Bonchev–Trinajstić information content (AvgIpc) is 2.45. The van der Waals surface area contributed by atoms with Gasteiger partial charge in [0, 0.05) is 0 Å². The monoisotopic (exact) mass is 320 g/mol. The summed E-state index contributed by atoms with van der Waals surface area (Å²) in [5.74, 6) is 0. The number of halogens is 6. The Labute approximate surface area is 121 Å². The van der Waals surface area contributed by atoms with E-state index in [1.807, 2.05) is 0 Å². The quantitative estimate of drug-likeness (QED) is 0.782. The number of hydrogen-bond donors (Lipinski definition) is 1.